The summed E-state index contributed by atoms with van der Waals surface area (Å²) in [6, 6.07) is 6.13. The Labute approximate surface area is 160 Å². The third-order valence-electron chi connectivity index (χ3n) is 4.36. The van der Waals surface area contributed by atoms with Gasteiger partial charge in [0.05, 0.1) is 4.90 Å². The highest BCUT2D eigenvalue weighted by molar-refractivity contribution is 7.90. The first-order valence-electron chi connectivity index (χ1n) is 8.58. The van der Waals surface area contributed by atoms with E-state index < -0.39 is 16.1 Å². The van der Waals surface area contributed by atoms with Gasteiger partial charge in [-0.1, -0.05) is 26.0 Å². The zero-order valence-corrected chi connectivity index (χ0v) is 16.6. The molecule has 9 heteroatoms. The lowest BCUT2D eigenvalue weighted by Gasteiger charge is -2.30. The van der Waals surface area contributed by atoms with E-state index in [9.17, 15) is 13.2 Å². The third kappa shape index (κ3) is 4.36. The molecule has 1 unspecified atom stereocenters. The molecular formula is C17H25ClN4O3S. The van der Waals surface area contributed by atoms with Crippen LogP contribution in [0.2, 0.25) is 0 Å². The second-order valence-electron chi connectivity index (χ2n) is 6.80. The molecule has 0 aromatic heterocycles. The SMILES string of the molecule is CC(C)CC(N=C1NS(=O)(=O)c2ccccc21)C(=O)N1CCNCC1.Cl. The first kappa shape index (κ1) is 20.7. The van der Waals surface area contributed by atoms with Crippen molar-refractivity contribution >= 4 is 34.2 Å². The van der Waals surface area contributed by atoms with Gasteiger partial charge < -0.3 is 10.2 Å². The van der Waals surface area contributed by atoms with Crippen molar-refractivity contribution in [2.24, 2.45) is 10.9 Å². The van der Waals surface area contributed by atoms with E-state index in [4.69, 9.17) is 0 Å². The van der Waals surface area contributed by atoms with Gasteiger partial charge in [0.25, 0.3) is 10.0 Å². The molecule has 1 atom stereocenters. The Morgan fingerprint density at radius 2 is 1.88 bits per heavy atom. The van der Waals surface area contributed by atoms with Crippen LogP contribution in [0, 0.1) is 5.92 Å². The van der Waals surface area contributed by atoms with Crippen molar-refractivity contribution in [3.8, 4) is 0 Å². The van der Waals surface area contributed by atoms with Crippen LogP contribution < -0.4 is 10.0 Å². The lowest BCUT2D eigenvalue weighted by Crippen LogP contribution is -2.50. The van der Waals surface area contributed by atoms with E-state index in [1.807, 2.05) is 18.7 Å². The van der Waals surface area contributed by atoms with Gasteiger partial charge in [0.2, 0.25) is 5.91 Å². The normalized spacial score (nSPS) is 21.0. The van der Waals surface area contributed by atoms with E-state index in [0.717, 1.165) is 13.1 Å². The highest BCUT2D eigenvalue weighted by atomic mass is 35.5. The van der Waals surface area contributed by atoms with E-state index in [2.05, 4.69) is 15.0 Å². The van der Waals surface area contributed by atoms with E-state index in [-0.39, 0.29) is 35.0 Å². The first-order chi connectivity index (χ1) is 11.9. The summed E-state index contributed by atoms with van der Waals surface area (Å²) < 4.78 is 27.0. The molecule has 0 aliphatic carbocycles. The number of nitrogens with zero attached hydrogens (tertiary/aromatic N) is 2. The van der Waals surface area contributed by atoms with Crippen LogP contribution in [0.3, 0.4) is 0 Å². The van der Waals surface area contributed by atoms with Crippen molar-refractivity contribution in [2.45, 2.75) is 31.2 Å². The van der Waals surface area contributed by atoms with Crippen LogP contribution in [0.5, 0.6) is 0 Å². The predicted octanol–water partition coefficient (Wildman–Crippen LogP) is 0.993. The van der Waals surface area contributed by atoms with Crippen molar-refractivity contribution in [2.75, 3.05) is 26.2 Å². The lowest BCUT2D eigenvalue weighted by molar-refractivity contribution is -0.133. The molecule has 0 saturated carbocycles. The minimum atomic E-state index is -3.60. The molecule has 2 N–H and O–H groups in total. The van der Waals surface area contributed by atoms with Crippen molar-refractivity contribution < 1.29 is 13.2 Å². The molecule has 1 amide bonds. The Kier molecular flexibility index (Phi) is 6.65. The van der Waals surface area contributed by atoms with Gasteiger partial charge in [-0.25, -0.2) is 8.42 Å². The smallest absolute Gasteiger partial charge is 0.263 e. The van der Waals surface area contributed by atoms with Gasteiger partial charge in [-0.05, 0) is 24.5 Å². The van der Waals surface area contributed by atoms with E-state index in [1.54, 1.807) is 24.3 Å². The van der Waals surface area contributed by atoms with Crippen LogP contribution in [0.1, 0.15) is 25.8 Å². The fraction of sp³-hybridized carbons (Fsp3) is 0.529. The summed E-state index contributed by atoms with van der Waals surface area (Å²) in [4.78, 5) is 19.5. The molecule has 26 heavy (non-hydrogen) atoms. The quantitative estimate of drug-likeness (QED) is 0.788. The molecule has 0 radical (unpaired) electrons. The second kappa shape index (κ2) is 8.37. The van der Waals surface area contributed by atoms with Crippen molar-refractivity contribution in [1.29, 1.82) is 0 Å². The van der Waals surface area contributed by atoms with Gasteiger partial charge in [0.15, 0.2) is 0 Å². The van der Waals surface area contributed by atoms with E-state index >= 15 is 0 Å². The third-order valence-corrected chi connectivity index (χ3v) is 5.75. The zero-order chi connectivity index (χ0) is 18.0. The molecule has 1 aromatic carbocycles. The number of amidine groups is 1. The molecule has 1 fully saturated rings. The number of nitrogens with one attached hydrogen (secondary N) is 2. The van der Waals surface area contributed by atoms with E-state index in [1.165, 1.54) is 0 Å². The standard InChI is InChI=1S/C17H24N4O3S.ClH/c1-12(2)11-14(17(22)21-9-7-18-8-10-21)19-16-13-5-3-4-6-15(13)25(23,24)20-16;/h3-6,12,14,18H,7-11H2,1-2H3,(H,19,20);1H. The first-order valence-corrected chi connectivity index (χ1v) is 10.1. The van der Waals surface area contributed by atoms with Crippen molar-refractivity contribution in [3.63, 3.8) is 0 Å². The van der Waals surface area contributed by atoms with Crippen molar-refractivity contribution in [1.82, 2.24) is 14.9 Å². The number of piperazine rings is 1. The maximum absolute atomic E-state index is 12.9. The minimum absolute atomic E-state index is 0. The Morgan fingerprint density at radius 1 is 1.23 bits per heavy atom. The molecule has 2 aliphatic heterocycles. The van der Waals surface area contributed by atoms with Crippen LogP contribution in [0.15, 0.2) is 34.2 Å². The average Bonchev–Trinajstić information content (AvgIpc) is 2.85. The number of sulfonamides is 1. The fourth-order valence-corrected chi connectivity index (χ4v) is 4.38. The van der Waals surface area contributed by atoms with E-state index in [0.29, 0.717) is 25.1 Å². The molecule has 1 aromatic rings. The fourth-order valence-electron chi connectivity index (χ4n) is 3.14. The summed E-state index contributed by atoms with van der Waals surface area (Å²) in [5, 5.41) is 3.22. The average molecular weight is 401 g/mol. The molecule has 7 nitrogen and oxygen atoms in total. The van der Waals surface area contributed by atoms with Crippen LogP contribution >= 0.6 is 12.4 Å². The topological polar surface area (TPSA) is 90.9 Å². The number of amides is 1. The number of fused-ring (bicyclic) bond motifs is 1. The van der Waals surface area contributed by atoms with Crippen LogP contribution in [-0.4, -0.2) is 57.3 Å². The number of hydrogen-bond donors (Lipinski definition) is 2. The molecule has 144 valence electrons. The summed E-state index contributed by atoms with van der Waals surface area (Å²) >= 11 is 0. The maximum atomic E-state index is 12.9. The summed E-state index contributed by atoms with van der Waals surface area (Å²) in [5.41, 5.74) is 0.532. The number of halogens is 1. The predicted molar refractivity (Wildman–Crippen MR) is 103 cm³/mol. The Morgan fingerprint density at radius 3 is 2.54 bits per heavy atom. The molecule has 0 bridgehead atoms. The van der Waals surface area contributed by atoms with Gasteiger partial charge in [-0.2, -0.15) is 0 Å². The number of carbonyl (C=O) groups excluding carboxylic acids is 1. The molecule has 0 spiro atoms. The van der Waals surface area contributed by atoms with Gasteiger partial charge in [-0.15, -0.1) is 12.4 Å². The largest absolute Gasteiger partial charge is 0.338 e. The summed E-state index contributed by atoms with van der Waals surface area (Å²) in [6.45, 7) is 6.91. The Hall–Kier alpha value is -1.64. The molecular weight excluding hydrogens is 376 g/mol. The molecule has 3 rings (SSSR count). The number of benzene rings is 1. The Bertz CT molecular complexity index is 789. The number of carbonyl (C=O) groups is 1. The molecule has 2 heterocycles. The zero-order valence-electron chi connectivity index (χ0n) is 14.9. The highest BCUT2D eigenvalue weighted by Crippen LogP contribution is 2.23. The van der Waals surface area contributed by atoms with Gasteiger partial charge in [0, 0.05) is 31.7 Å². The maximum Gasteiger partial charge on any atom is 0.263 e. The minimum Gasteiger partial charge on any atom is -0.338 e. The van der Waals surface area contributed by atoms with Crippen molar-refractivity contribution in [3.05, 3.63) is 29.8 Å². The highest BCUT2D eigenvalue weighted by Gasteiger charge is 2.33. The van der Waals surface area contributed by atoms with Crippen LogP contribution in [-0.2, 0) is 14.8 Å². The summed E-state index contributed by atoms with van der Waals surface area (Å²) in [6.07, 6.45) is 0.580. The van der Waals surface area contributed by atoms with Gasteiger partial charge in [-0.3, -0.25) is 14.5 Å². The molecule has 1 saturated heterocycles. The van der Waals surface area contributed by atoms with Crippen LogP contribution in [0.4, 0.5) is 0 Å². The van der Waals surface area contributed by atoms with Gasteiger partial charge >= 0.3 is 0 Å². The Balaban J connectivity index is 0.00000243. The van der Waals surface area contributed by atoms with Crippen LogP contribution in [0.25, 0.3) is 0 Å². The number of rotatable bonds is 4. The number of aliphatic imine (C=N–C) groups is 1. The second-order valence-corrected chi connectivity index (χ2v) is 8.45. The monoisotopic (exact) mass is 400 g/mol. The van der Waals surface area contributed by atoms with Gasteiger partial charge in [0.1, 0.15) is 11.9 Å². The lowest BCUT2D eigenvalue weighted by atomic mass is 10.0. The number of hydrogen-bond acceptors (Lipinski definition) is 5. The molecule has 2 aliphatic rings. The summed E-state index contributed by atoms with van der Waals surface area (Å²) in [7, 11) is -3.60. The summed E-state index contributed by atoms with van der Waals surface area (Å²) in [5.74, 6) is 0.505.